The van der Waals surface area contributed by atoms with E-state index in [4.69, 9.17) is 20.4 Å². The Bertz CT molecular complexity index is 1200. The zero-order chi connectivity index (χ0) is 31.7. The molecule has 1 aliphatic rings. The number of aliphatic hydroxyl groups is 1. The summed E-state index contributed by atoms with van der Waals surface area (Å²) in [5.41, 5.74) is 0.763. The number of amides is 1. The summed E-state index contributed by atoms with van der Waals surface area (Å²) in [6, 6.07) is 12.8. The molecule has 1 saturated heterocycles. The smallest absolute Gasteiger partial charge is 0.336 e. The average Bonchev–Trinajstić information content (AvgIpc) is 2.82. The maximum atomic E-state index is 11.3. The molecular formula is C30H42N4O8. The van der Waals surface area contributed by atoms with E-state index < -0.39 is 36.4 Å². The molecule has 1 aliphatic heterocycles. The van der Waals surface area contributed by atoms with Crippen LogP contribution in [-0.2, 0) is 32.3 Å². The van der Waals surface area contributed by atoms with Crippen LogP contribution in [0.5, 0.6) is 0 Å². The average molecular weight is 587 g/mol. The highest BCUT2D eigenvalue weighted by Gasteiger charge is 2.41. The van der Waals surface area contributed by atoms with Crippen LogP contribution >= 0.6 is 0 Å². The molecule has 1 amide bonds. The molecule has 0 bridgehead atoms. The second kappa shape index (κ2) is 14.3. The number of carboxylic acid groups (broad SMARTS) is 3. The maximum Gasteiger partial charge on any atom is 0.336 e. The summed E-state index contributed by atoms with van der Waals surface area (Å²) in [5, 5.41) is 40.4. The zero-order valence-electron chi connectivity index (χ0n) is 24.8. The highest BCUT2D eigenvalue weighted by atomic mass is 16.4. The van der Waals surface area contributed by atoms with Gasteiger partial charge in [0.15, 0.2) is 5.60 Å². The first kappa shape index (κ1) is 34.3. The second-order valence-electron chi connectivity index (χ2n) is 12.1. The predicted octanol–water partition coefficient (Wildman–Crippen LogP) is 3.10. The summed E-state index contributed by atoms with van der Waals surface area (Å²) in [7, 11) is 0. The Labute approximate surface area is 245 Å². The molecule has 1 aromatic heterocycles. The molecule has 1 aromatic carbocycles. The van der Waals surface area contributed by atoms with Crippen LogP contribution in [-0.4, -0.2) is 76.8 Å². The monoisotopic (exact) mass is 586 g/mol. The Morgan fingerprint density at radius 1 is 0.929 bits per heavy atom. The third kappa shape index (κ3) is 11.6. The lowest BCUT2D eigenvalue weighted by Crippen LogP contribution is -2.62. The minimum atomic E-state index is -2.74. The lowest BCUT2D eigenvalue weighted by atomic mass is 9.79. The first-order valence-electron chi connectivity index (χ1n) is 13.6. The largest absolute Gasteiger partial charge is 0.481 e. The summed E-state index contributed by atoms with van der Waals surface area (Å²) < 4.78 is 0. The number of rotatable bonds is 11. The van der Waals surface area contributed by atoms with Gasteiger partial charge in [-0.05, 0) is 69.9 Å². The summed E-state index contributed by atoms with van der Waals surface area (Å²) in [5.74, 6) is -5.07. The fourth-order valence-corrected chi connectivity index (χ4v) is 5.41. The molecule has 12 heteroatoms. The number of carbonyl (C=O) groups is 4. The van der Waals surface area contributed by atoms with Gasteiger partial charge in [0, 0.05) is 55.2 Å². The molecule has 0 spiro atoms. The van der Waals surface area contributed by atoms with Crippen LogP contribution in [0.2, 0.25) is 0 Å². The van der Waals surface area contributed by atoms with Gasteiger partial charge in [0.2, 0.25) is 5.91 Å². The van der Waals surface area contributed by atoms with Gasteiger partial charge >= 0.3 is 17.9 Å². The van der Waals surface area contributed by atoms with Crippen LogP contribution in [0.1, 0.15) is 71.4 Å². The lowest BCUT2D eigenvalue weighted by molar-refractivity contribution is -0.170. The van der Waals surface area contributed by atoms with Gasteiger partial charge in [-0.15, -0.1) is 0 Å². The van der Waals surface area contributed by atoms with E-state index in [0.29, 0.717) is 6.04 Å². The fourth-order valence-electron chi connectivity index (χ4n) is 5.41. The summed E-state index contributed by atoms with van der Waals surface area (Å²) in [4.78, 5) is 48.6. The van der Waals surface area contributed by atoms with Gasteiger partial charge in [-0.1, -0.05) is 18.2 Å². The van der Waals surface area contributed by atoms with E-state index in [-0.39, 0.29) is 17.0 Å². The maximum absolute atomic E-state index is 11.3. The van der Waals surface area contributed by atoms with Crippen molar-refractivity contribution in [1.82, 2.24) is 15.2 Å². The van der Waals surface area contributed by atoms with Crippen molar-refractivity contribution in [3.63, 3.8) is 0 Å². The minimum Gasteiger partial charge on any atom is -0.481 e. The van der Waals surface area contributed by atoms with Crippen molar-refractivity contribution in [2.75, 3.05) is 5.32 Å². The third-order valence-electron chi connectivity index (χ3n) is 6.74. The number of aromatic nitrogens is 1. The molecule has 12 nitrogen and oxygen atoms in total. The van der Waals surface area contributed by atoms with Crippen LogP contribution in [0.15, 0.2) is 48.8 Å². The molecule has 1 fully saturated rings. The topological polar surface area (TPSA) is 189 Å². The molecule has 0 saturated carbocycles. The second-order valence-corrected chi connectivity index (χ2v) is 12.1. The molecule has 42 heavy (non-hydrogen) atoms. The number of benzene rings is 1. The molecule has 0 unspecified atom stereocenters. The van der Waals surface area contributed by atoms with Gasteiger partial charge in [-0.2, -0.15) is 0 Å². The molecule has 0 radical (unpaired) electrons. The molecule has 0 atom stereocenters. The molecule has 3 rings (SSSR count). The number of nitrogens with zero attached hydrogens (tertiary/aromatic N) is 2. The number of carboxylic acids is 3. The van der Waals surface area contributed by atoms with Crippen LogP contribution in [0.3, 0.4) is 0 Å². The Hall–Kier alpha value is -3.87. The van der Waals surface area contributed by atoms with Crippen molar-refractivity contribution >= 4 is 29.5 Å². The van der Waals surface area contributed by atoms with Gasteiger partial charge in [0.1, 0.15) is 0 Å². The number of anilines is 1. The normalized spacial score (nSPS) is 16.2. The molecule has 2 aromatic rings. The quantitative estimate of drug-likeness (QED) is 0.227. The van der Waals surface area contributed by atoms with Crippen molar-refractivity contribution in [2.24, 2.45) is 0 Å². The van der Waals surface area contributed by atoms with Gasteiger partial charge in [0.05, 0.1) is 12.8 Å². The van der Waals surface area contributed by atoms with Crippen LogP contribution < -0.4 is 10.6 Å². The third-order valence-corrected chi connectivity index (χ3v) is 6.74. The Kier molecular flexibility index (Phi) is 11.7. The number of hydrogen-bond donors (Lipinski definition) is 6. The van der Waals surface area contributed by atoms with Crippen molar-refractivity contribution in [2.45, 2.75) is 96.1 Å². The van der Waals surface area contributed by atoms with Crippen molar-refractivity contribution < 1.29 is 39.6 Å². The van der Waals surface area contributed by atoms with Crippen molar-refractivity contribution in [1.29, 1.82) is 0 Å². The zero-order valence-corrected chi connectivity index (χ0v) is 24.8. The van der Waals surface area contributed by atoms with Gasteiger partial charge in [-0.3, -0.25) is 24.3 Å². The number of aliphatic carboxylic acids is 3. The summed E-state index contributed by atoms with van der Waals surface area (Å²) >= 11 is 0. The number of carbonyl (C=O) groups excluding carboxylic acids is 1. The number of nitrogens with one attached hydrogen (secondary N) is 2. The first-order chi connectivity index (χ1) is 19.4. The van der Waals surface area contributed by atoms with E-state index in [1.54, 1.807) is 0 Å². The molecule has 6 N–H and O–H groups in total. The number of hydrogen-bond acceptors (Lipinski definition) is 8. The van der Waals surface area contributed by atoms with Crippen LogP contribution in [0.25, 0.3) is 0 Å². The fraction of sp³-hybridized carbons (Fsp3) is 0.500. The van der Waals surface area contributed by atoms with E-state index in [1.165, 1.54) is 18.1 Å². The molecular weight excluding hydrogens is 544 g/mol. The molecule has 230 valence electrons. The molecule has 0 aliphatic carbocycles. The predicted molar refractivity (Wildman–Crippen MR) is 156 cm³/mol. The SMILES string of the molecule is CC(=O)Nc1ccc(CN(Cc2cccnc2)C2CC(C)(C)NC(C)(C)C2)cc1.O=C(O)CC(O)(CC(=O)O)C(=O)O. The van der Waals surface area contributed by atoms with Crippen LogP contribution in [0, 0.1) is 0 Å². The highest BCUT2D eigenvalue weighted by molar-refractivity contribution is 5.89. The first-order valence-corrected chi connectivity index (χ1v) is 13.6. The Morgan fingerprint density at radius 3 is 1.88 bits per heavy atom. The summed E-state index contributed by atoms with van der Waals surface area (Å²) in [6.07, 6.45) is 3.69. The van der Waals surface area contributed by atoms with E-state index >= 15 is 0 Å². The van der Waals surface area contributed by atoms with E-state index in [1.807, 2.05) is 30.6 Å². The molecule has 2 heterocycles. The van der Waals surface area contributed by atoms with Crippen molar-refractivity contribution in [3.8, 4) is 0 Å². The Morgan fingerprint density at radius 2 is 1.45 bits per heavy atom. The van der Waals surface area contributed by atoms with Gasteiger partial charge in [0.25, 0.3) is 0 Å². The van der Waals surface area contributed by atoms with Gasteiger partial charge < -0.3 is 31.1 Å². The van der Waals surface area contributed by atoms with Crippen LogP contribution in [0.4, 0.5) is 5.69 Å². The van der Waals surface area contributed by atoms with Gasteiger partial charge in [-0.25, -0.2) is 4.79 Å². The lowest BCUT2D eigenvalue weighted by Gasteiger charge is -2.49. The Balaban J connectivity index is 0.000000401. The standard InChI is InChI=1S/C24H34N4O.C6H8O7/c1-18(29)26-21-10-8-19(9-11-21)16-28(17-20-7-6-12-25-15-20)22-13-23(2,3)27-24(4,5)14-22;7-3(8)1-6(13,5(11)12)2-4(9)10/h6-12,15,22,27H,13-14,16-17H2,1-5H3,(H,26,29);13H,1-2H2,(H,7,8)(H,9,10)(H,11,12). The van der Waals surface area contributed by atoms with E-state index in [0.717, 1.165) is 31.6 Å². The minimum absolute atomic E-state index is 0.0462. The van der Waals surface area contributed by atoms with Crippen molar-refractivity contribution in [3.05, 3.63) is 59.9 Å². The summed E-state index contributed by atoms with van der Waals surface area (Å²) in [6.45, 7) is 12.5. The highest BCUT2D eigenvalue weighted by Crippen LogP contribution is 2.33. The number of piperidine rings is 1. The van der Waals surface area contributed by atoms with E-state index in [2.05, 4.69) is 66.4 Å². The number of pyridine rings is 1. The van der Waals surface area contributed by atoms with E-state index in [9.17, 15) is 19.2 Å².